The summed E-state index contributed by atoms with van der Waals surface area (Å²) in [6.45, 7) is -0.879. The van der Waals surface area contributed by atoms with Crippen molar-refractivity contribution in [3.05, 3.63) is 87.5 Å². The molecular weight excluding hydrogens is 726 g/mol. The number of rotatable bonds is 10. The minimum absolute atomic E-state index is 0.0376. The summed E-state index contributed by atoms with van der Waals surface area (Å²) in [6, 6.07) is 6.04. The largest absolute Gasteiger partial charge is 0.397 e. The molecule has 2 aliphatic rings. The third-order valence-electron chi connectivity index (χ3n) is 8.94. The lowest BCUT2D eigenvalue weighted by Crippen LogP contribution is -2.35. The Morgan fingerprint density at radius 2 is 1.80 bits per heavy atom. The smallest absolute Gasteiger partial charge is 0.293 e. The van der Waals surface area contributed by atoms with E-state index < -0.39 is 75.7 Å². The van der Waals surface area contributed by atoms with Crippen molar-refractivity contribution in [1.29, 1.82) is 0 Å². The van der Waals surface area contributed by atoms with E-state index in [1.54, 1.807) is 6.07 Å². The Morgan fingerprint density at radius 1 is 1.10 bits per heavy atom. The molecule has 11 nitrogen and oxygen atoms in total. The number of hydrogen-bond donors (Lipinski definition) is 3. The molecule has 0 aliphatic heterocycles. The SMILES string of the molecule is Cn1nc(NS(C)(=O)=O)c2c(Cl)ccc(-c3cc(N)cnc3C(Cc3cc(F)cc(F)c3)NC(=O)Cn3nc(C(F)F)c4c3C(F)(F)C3CC43)c21. The number of pyridine rings is 1. The standard InChI is InChI=1S/C32H27ClF6N8O3S/c1-46-28-17(3-4-21(33)25(28)31(44-46)45-51(2,49)50)18-9-16(40)11-41-26(18)22(7-13-5-14(34)8-15(35)6-13)42-23(48)12-47-29-24(27(43-47)30(36)37)19-10-20(19)32(29,38)39/h3-6,8-9,11,19-20,22,30H,7,10,12,40H2,1-2H3,(H,42,48)(H,44,45). The van der Waals surface area contributed by atoms with E-state index in [9.17, 15) is 30.8 Å². The number of amides is 1. The second-order valence-corrected chi connectivity index (χ2v) is 14.8. The summed E-state index contributed by atoms with van der Waals surface area (Å²) in [5, 5.41) is 11.0. The van der Waals surface area contributed by atoms with E-state index >= 15 is 8.78 Å². The average molecular weight is 753 g/mol. The highest BCUT2D eigenvalue weighted by Crippen LogP contribution is 2.68. The van der Waals surface area contributed by atoms with Gasteiger partial charge >= 0.3 is 0 Å². The van der Waals surface area contributed by atoms with E-state index in [2.05, 4.69) is 25.2 Å². The first-order valence-electron chi connectivity index (χ1n) is 15.3. The van der Waals surface area contributed by atoms with E-state index in [0.29, 0.717) is 21.8 Å². The number of carbonyl (C=O) groups is 1. The Bertz CT molecular complexity index is 2350. The second kappa shape index (κ2) is 12.1. The molecule has 51 heavy (non-hydrogen) atoms. The molecule has 1 saturated carbocycles. The zero-order valence-corrected chi connectivity index (χ0v) is 28.1. The molecule has 0 spiro atoms. The molecule has 1 amide bonds. The summed E-state index contributed by atoms with van der Waals surface area (Å²) < 4.78 is 115. The van der Waals surface area contributed by atoms with Crippen LogP contribution in [0.3, 0.4) is 0 Å². The van der Waals surface area contributed by atoms with Gasteiger partial charge in [0, 0.05) is 35.7 Å². The number of fused-ring (bicyclic) bond motifs is 4. The number of nitrogens with zero attached hydrogens (tertiary/aromatic N) is 5. The first-order chi connectivity index (χ1) is 23.9. The quantitative estimate of drug-likeness (QED) is 0.149. The Labute approximate surface area is 290 Å². The van der Waals surface area contributed by atoms with E-state index in [0.717, 1.165) is 18.4 Å². The van der Waals surface area contributed by atoms with Gasteiger partial charge in [-0.05, 0) is 48.6 Å². The Balaban J connectivity index is 1.33. The maximum atomic E-state index is 15.2. The highest BCUT2D eigenvalue weighted by Gasteiger charge is 2.67. The van der Waals surface area contributed by atoms with Crippen LogP contribution in [0.25, 0.3) is 22.0 Å². The molecule has 3 aromatic heterocycles. The number of nitrogens with two attached hydrogens (primary N) is 1. The van der Waals surface area contributed by atoms with Crippen molar-refractivity contribution in [2.75, 3.05) is 16.7 Å². The molecular formula is C32H27ClF6N8O3S. The topological polar surface area (TPSA) is 150 Å². The summed E-state index contributed by atoms with van der Waals surface area (Å²) in [6.07, 6.45) is -1.20. The third-order valence-corrected chi connectivity index (χ3v) is 9.82. The fourth-order valence-electron chi connectivity index (χ4n) is 6.96. The zero-order valence-electron chi connectivity index (χ0n) is 26.6. The van der Waals surface area contributed by atoms with Crippen LogP contribution < -0.4 is 15.8 Å². The van der Waals surface area contributed by atoms with Gasteiger partial charge in [0.1, 0.15) is 29.6 Å². The Kier molecular flexibility index (Phi) is 8.24. The van der Waals surface area contributed by atoms with Gasteiger partial charge in [-0.1, -0.05) is 17.7 Å². The normalized spacial score (nSPS) is 18.2. The maximum absolute atomic E-state index is 15.2. The first kappa shape index (κ1) is 34.6. The van der Waals surface area contributed by atoms with E-state index in [1.807, 2.05) is 0 Å². The molecule has 4 N–H and O–H groups in total. The highest BCUT2D eigenvalue weighted by molar-refractivity contribution is 7.92. The van der Waals surface area contributed by atoms with Gasteiger partial charge in [-0.3, -0.25) is 23.9 Å². The number of nitrogens with one attached hydrogen (secondary N) is 2. The number of halogens is 7. The maximum Gasteiger partial charge on any atom is 0.293 e. The molecule has 0 bridgehead atoms. The van der Waals surface area contributed by atoms with Crippen molar-refractivity contribution in [3.8, 4) is 11.1 Å². The van der Waals surface area contributed by atoms with E-state index in [-0.39, 0.29) is 57.1 Å². The number of hydrogen-bond acceptors (Lipinski definition) is 7. The number of sulfonamides is 1. The molecule has 1 fully saturated rings. The molecule has 2 aromatic carbocycles. The summed E-state index contributed by atoms with van der Waals surface area (Å²) in [7, 11) is -2.27. The van der Waals surface area contributed by atoms with Crippen LogP contribution in [-0.4, -0.2) is 45.1 Å². The van der Waals surface area contributed by atoms with Gasteiger partial charge in [0.05, 0.1) is 45.8 Å². The molecule has 3 unspecified atom stereocenters. The van der Waals surface area contributed by atoms with Crippen LogP contribution >= 0.6 is 11.6 Å². The van der Waals surface area contributed by atoms with Crippen molar-refractivity contribution in [2.45, 2.75) is 43.7 Å². The molecule has 5 aromatic rings. The fraction of sp³-hybridized carbons (Fsp3) is 0.312. The highest BCUT2D eigenvalue weighted by atomic mass is 35.5. The van der Waals surface area contributed by atoms with Crippen LogP contribution in [0.2, 0.25) is 5.02 Å². The van der Waals surface area contributed by atoms with Crippen LogP contribution in [-0.2, 0) is 40.8 Å². The molecule has 2 aliphatic carbocycles. The Morgan fingerprint density at radius 3 is 2.47 bits per heavy atom. The number of anilines is 2. The van der Waals surface area contributed by atoms with Crippen molar-refractivity contribution in [3.63, 3.8) is 0 Å². The number of benzene rings is 2. The van der Waals surface area contributed by atoms with Gasteiger partial charge in [-0.15, -0.1) is 0 Å². The van der Waals surface area contributed by atoms with Gasteiger partial charge in [-0.25, -0.2) is 26.0 Å². The monoisotopic (exact) mass is 752 g/mol. The number of alkyl halides is 4. The average Bonchev–Trinajstić information content (AvgIpc) is 3.56. The predicted molar refractivity (Wildman–Crippen MR) is 175 cm³/mol. The molecule has 0 saturated heterocycles. The van der Waals surface area contributed by atoms with Crippen molar-refractivity contribution in [2.24, 2.45) is 13.0 Å². The summed E-state index contributed by atoms with van der Waals surface area (Å²) in [5.74, 6) is -8.23. The number of carbonyl (C=O) groups excluding carboxylic acids is 1. The fourth-order valence-corrected chi connectivity index (χ4v) is 7.70. The number of nitrogen functional groups attached to an aromatic ring is 1. The van der Waals surface area contributed by atoms with Gasteiger partial charge in [-0.2, -0.15) is 19.0 Å². The lowest BCUT2D eigenvalue weighted by Gasteiger charge is -2.23. The first-order valence-corrected chi connectivity index (χ1v) is 17.6. The van der Waals surface area contributed by atoms with Gasteiger partial charge < -0.3 is 11.1 Å². The van der Waals surface area contributed by atoms with Crippen LogP contribution in [0.15, 0.2) is 42.6 Å². The van der Waals surface area contributed by atoms with Gasteiger partial charge in [0.25, 0.3) is 12.3 Å². The molecule has 268 valence electrons. The number of aromatic nitrogens is 5. The second-order valence-electron chi connectivity index (χ2n) is 12.6. The van der Waals surface area contributed by atoms with Gasteiger partial charge in [0.15, 0.2) is 5.82 Å². The minimum Gasteiger partial charge on any atom is -0.397 e. The number of aryl methyl sites for hydroxylation is 1. The third kappa shape index (κ3) is 6.23. The minimum atomic E-state index is -3.80. The molecule has 19 heteroatoms. The van der Waals surface area contributed by atoms with Crippen molar-refractivity contribution < 1.29 is 39.6 Å². The van der Waals surface area contributed by atoms with Gasteiger partial charge in [0.2, 0.25) is 15.9 Å². The van der Waals surface area contributed by atoms with Crippen LogP contribution in [0.5, 0.6) is 0 Å². The van der Waals surface area contributed by atoms with E-state index in [4.69, 9.17) is 17.3 Å². The van der Waals surface area contributed by atoms with Crippen LogP contribution in [0.1, 0.15) is 53.0 Å². The van der Waals surface area contributed by atoms with Crippen LogP contribution in [0.4, 0.5) is 37.8 Å². The molecule has 3 heterocycles. The zero-order chi connectivity index (χ0) is 36.7. The summed E-state index contributed by atoms with van der Waals surface area (Å²) >= 11 is 6.51. The lowest BCUT2D eigenvalue weighted by atomic mass is 9.94. The molecule has 3 atom stereocenters. The molecule has 0 radical (unpaired) electrons. The van der Waals surface area contributed by atoms with Crippen LogP contribution in [0, 0.1) is 17.6 Å². The summed E-state index contributed by atoms with van der Waals surface area (Å²) in [5.41, 5.74) is 5.63. The molecule has 7 rings (SSSR count). The van der Waals surface area contributed by atoms with Crippen molar-refractivity contribution >= 4 is 49.9 Å². The lowest BCUT2D eigenvalue weighted by molar-refractivity contribution is -0.123. The van der Waals surface area contributed by atoms with Crippen molar-refractivity contribution in [1.82, 2.24) is 29.9 Å². The summed E-state index contributed by atoms with van der Waals surface area (Å²) in [4.78, 5) is 18.1. The van der Waals surface area contributed by atoms with E-state index in [1.165, 1.54) is 30.1 Å². The predicted octanol–water partition coefficient (Wildman–Crippen LogP) is 5.96. The Hall–Kier alpha value is -4.84.